The first kappa shape index (κ1) is 11.7. The molecular weight excluding hydrogens is 218 g/mol. The molecular formula is C9H12ClN3O2. The fourth-order valence-corrected chi connectivity index (χ4v) is 0.944. The summed E-state index contributed by atoms with van der Waals surface area (Å²) in [5, 5.41) is -0.00152. The van der Waals surface area contributed by atoms with Crippen molar-refractivity contribution < 1.29 is 9.53 Å². The van der Waals surface area contributed by atoms with Crippen LogP contribution in [-0.2, 0) is 4.74 Å². The first-order valence-electron chi connectivity index (χ1n) is 4.31. The highest BCUT2D eigenvalue weighted by Crippen LogP contribution is 2.15. The van der Waals surface area contributed by atoms with E-state index < -0.39 is 11.6 Å². The van der Waals surface area contributed by atoms with Crippen LogP contribution in [0.25, 0.3) is 0 Å². The van der Waals surface area contributed by atoms with Gasteiger partial charge < -0.3 is 10.5 Å². The van der Waals surface area contributed by atoms with Gasteiger partial charge in [-0.15, -0.1) is 0 Å². The lowest BCUT2D eigenvalue weighted by Gasteiger charge is -2.18. The molecule has 0 spiro atoms. The quantitative estimate of drug-likeness (QED) is 0.741. The van der Waals surface area contributed by atoms with E-state index in [1.54, 1.807) is 20.8 Å². The third-order valence-corrected chi connectivity index (χ3v) is 1.64. The SMILES string of the molecule is CC(C)(C)OC(=O)c1cnc(N)c(Cl)n1. The zero-order valence-corrected chi connectivity index (χ0v) is 9.50. The standard InChI is InChI=1S/C9H12ClN3O2/c1-9(2,3)15-8(14)5-4-12-7(11)6(10)13-5/h4H,1-3H3,(H2,11,12). The van der Waals surface area contributed by atoms with Crippen LogP contribution in [-0.4, -0.2) is 21.5 Å². The highest BCUT2D eigenvalue weighted by atomic mass is 35.5. The van der Waals surface area contributed by atoms with E-state index in [2.05, 4.69) is 9.97 Å². The van der Waals surface area contributed by atoms with E-state index in [0.717, 1.165) is 0 Å². The van der Waals surface area contributed by atoms with Gasteiger partial charge in [-0.25, -0.2) is 14.8 Å². The maximum Gasteiger partial charge on any atom is 0.359 e. The molecule has 0 amide bonds. The molecule has 1 rings (SSSR count). The average molecular weight is 230 g/mol. The van der Waals surface area contributed by atoms with E-state index in [1.165, 1.54) is 6.20 Å². The number of anilines is 1. The number of nitrogens with zero attached hydrogens (tertiary/aromatic N) is 2. The second kappa shape index (κ2) is 4.02. The Morgan fingerprint density at radius 1 is 1.53 bits per heavy atom. The Hall–Kier alpha value is -1.36. The van der Waals surface area contributed by atoms with Crippen molar-refractivity contribution in [1.82, 2.24) is 9.97 Å². The number of carbonyl (C=O) groups is 1. The Morgan fingerprint density at radius 2 is 2.13 bits per heavy atom. The molecule has 82 valence electrons. The molecule has 5 nitrogen and oxygen atoms in total. The smallest absolute Gasteiger partial charge is 0.359 e. The first-order valence-corrected chi connectivity index (χ1v) is 4.69. The summed E-state index contributed by atoms with van der Waals surface area (Å²) in [6.45, 7) is 5.28. The lowest BCUT2D eigenvalue weighted by Crippen LogP contribution is -2.24. The van der Waals surface area contributed by atoms with Gasteiger partial charge in [0.25, 0.3) is 0 Å². The predicted octanol–water partition coefficient (Wildman–Crippen LogP) is 1.67. The minimum Gasteiger partial charge on any atom is -0.455 e. The number of hydrogen-bond donors (Lipinski definition) is 1. The first-order chi connectivity index (χ1) is 6.79. The van der Waals surface area contributed by atoms with Gasteiger partial charge in [-0.1, -0.05) is 11.6 Å². The van der Waals surface area contributed by atoms with Gasteiger partial charge in [0.2, 0.25) is 0 Å². The number of esters is 1. The number of rotatable bonds is 1. The monoisotopic (exact) mass is 229 g/mol. The van der Waals surface area contributed by atoms with E-state index in [9.17, 15) is 4.79 Å². The predicted molar refractivity (Wildman–Crippen MR) is 56.6 cm³/mol. The van der Waals surface area contributed by atoms with E-state index in [-0.39, 0.29) is 16.7 Å². The van der Waals surface area contributed by atoms with Crippen molar-refractivity contribution in [2.75, 3.05) is 5.73 Å². The Balaban J connectivity index is 2.88. The van der Waals surface area contributed by atoms with Crippen molar-refractivity contribution in [2.45, 2.75) is 26.4 Å². The Kier molecular flexibility index (Phi) is 3.14. The second-order valence-electron chi connectivity index (χ2n) is 3.93. The topological polar surface area (TPSA) is 78.1 Å². The number of nitrogen functional groups attached to an aromatic ring is 1. The van der Waals surface area contributed by atoms with Gasteiger partial charge in [-0.3, -0.25) is 0 Å². The van der Waals surface area contributed by atoms with Crippen molar-refractivity contribution in [3.63, 3.8) is 0 Å². The van der Waals surface area contributed by atoms with Crippen molar-refractivity contribution in [1.29, 1.82) is 0 Å². The Labute approximate surface area is 92.6 Å². The zero-order valence-electron chi connectivity index (χ0n) is 8.74. The minimum absolute atomic E-state index is 0.00152. The van der Waals surface area contributed by atoms with Crippen molar-refractivity contribution >= 4 is 23.4 Å². The lowest BCUT2D eigenvalue weighted by atomic mass is 10.2. The number of aromatic nitrogens is 2. The zero-order chi connectivity index (χ0) is 11.6. The molecule has 0 fully saturated rings. The highest BCUT2D eigenvalue weighted by molar-refractivity contribution is 6.31. The van der Waals surface area contributed by atoms with Crippen LogP contribution in [0.1, 0.15) is 31.3 Å². The Bertz CT molecular complexity index is 387. The molecule has 1 aromatic heterocycles. The number of halogens is 1. The van der Waals surface area contributed by atoms with Crippen LogP contribution in [0.4, 0.5) is 5.82 Å². The molecule has 0 bridgehead atoms. The van der Waals surface area contributed by atoms with Crippen LogP contribution in [0, 0.1) is 0 Å². The molecule has 15 heavy (non-hydrogen) atoms. The number of nitrogens with two attached hydrogens (primary N) is 1. The fourth-order valence-electron chi connectivity index (χ4n) is 0.805. The van der Waals surface area contributed by atoms with Crippen molar-refractivity contribution in [3.05, 3.63) is 17.0 Å². The summed E-state index contributed by atoms with van der Waals surface area (Å²) >= 11 is 5.62. The summed E-state index contributed by atoms with van der Waals surface area (Å²) in [7, 11) is 0. The highest BCUT2D eigenvalue weighted by Gasteiger charge is 2.19. The van der Waals surface area contributed by atoms with E-state index >= 15 is 0 Å². The second-order valence-corrected chi connectivity index (χ2v) is 4.29. The molecule has 0 aliphatic carbocycles. The largest absolute Gasteiger partial charge is 0.455 e. The summed E-state index contributed by atoms with van der Waals surface area (Å²) in [6.07, 6.45) is 1.23. The van der Waals surface area contributed by atoms with Gasteiger partial charge >= 0.3 is 5.97 Å². The maximum absolute atomic E-state index is 11.5. The molecule has 0 saturated heterocycles. The molecule has 0 unspecified atom stereocenters. The van der Waals surface area contributed by atoms with Crippen LogP contribution >= 0.6 is 11.6 Å². The van der Waals surface area contributed by atoms with Crippen LogP contribution < -0.4 is 5.73 Å². The van der Waals surface area contributed by atoms with E-state index in [1.807, 2.05) is 0 Å². The van der Waals surface area contributed by atoms with E-state index in [4.69, 9.17) is 22.1 Å². The molecule has 6 heteroatoms. The lowest BCUT2D eigenvalue weighted by molar-refractivity contribution is 0.00624. The normalized spacial score (nSPS) is 11.2. The van der Waals surface area contributed by atoms with Gasteiger partial charge in [-0.2, -0.15) is 0 Å². The fraction of sp³-hybridized carbons (Fsp3) is 0.444. The minimum atomic E-state index is -0.577. The molecule has 0 aliphatic heterocycles. The summed E-state index contributed by atoms with van der Waals surface area (Å²) in [4.78, 5) is 19.0. The van der Waals surface area contributed by atoms with Crippen LogP contribution in [0.3, 0.4) is 0 Å². The third kappa shape index (κ3) is 3.36. The van der Waals surface area contributed by atoms with Crippen LogP contribution in [0.5, 0.6) is 0 Å². The molecule has 0 aliphatic rings. The van der Waals surface area contributed by atoms with Crippen molar-refractivity contribution in [3.8, 4) is 0 Å². The average Bonchev–Trinajstić information content (AvgIpc) is 2.06. The Morgan fingerprint density at radius 3 is 2.60 bits per heavy atom. The molecule has 0 aromatic carbocycles. The van der Waals surface area contributed by atoms with Gasteiger partial charge in [0.1, 0.15) is 5.60 Å². The maximum atomic E-state index is 11.5. The molecule has 0 radical (unpaired) electrons. The van der Waals surface area contributed by atoms with Gasteiger partial charge in [0.15, 0.2) is 16.7 Å². The molecule has 1 aromatic rings. The number of ether oxygens (including phenoxy) is 1. The van der Waals surface area contributed by atoms with Crippen LogP contribution in [0.15, 0.2) is 6.20 Å². The molecule has 1 heterocycles. The molecule has 0 atom stereocenters. The van der Waals surface area contributed by atoms with Gasteiger partial charge in [-0.05, 0) is 20.8 Å². The van der Waals surface area contributed by atoms with Crippen LogP contribution in [0.2, 0.25) is 5.15 Å². The molecule has 2 N–H and O–H groups in total. The third-order valence-electron chi connectivity index (χ3n) is 1.36. The number of hydrogen-bond acceptors (Lipinski definition) is 5. The van der Waals surface area contributed by atoms with E-state index in [0.29, 0.717) is 0 Å². The summed E-state index contributed by atoms with van der Waals surface area (Å²) in [6, 6.07) is 0. The van der Waals surface area contributed by atoms with Crippen molar-refractivity contribution in [2.24, 2.45) is 0 Å². The summed E-state index contributed by atoms with van der Waals surface area (Å²) in [5.74, 6) is -0.485. The van der Waals surface area contributed by atoms with Gasteiger partial charge in [0.05, 0.1) is 6.20 Å². The molecule has 0 saturated carbocycles. The summed E-state index contributed by atoms with van der Waals surface area (Å²) < 4.78 is 5.08. The summed E-state index contributed by atoms with van der Waals surface area (Å²) in [5.41, 5.74) is 4.83. The number of carbonyl (C=O) groups excluding carboxylic acids is 1. The van der Waals surface area contributed by atoms with Gasteiger partial charge in [0, 0.05) is 0 Å².